The van der Waals surface area contributed by atoms with Crippen LogP contribution >= 0.6 is 11.6 Å². The third-order valence-corrected chi connectivity index (χ3v) is 2.59. The highest BCUT2D eigenvalue weighted by molar-refractivity contribution is 6.18. The molecule has 0 aliphatic carbocycles. The zero-order valence-electron chi connectivity index (χ0n) is 8.60. The van der Waals surface area contributed by atoms with E-state index in [1.807, 2.05) is 37.3 Å². The van der Waals surface area contributed by atoms with Crippen molar-refractivity contribution in [2.45, 2.75) is 13.0 Å². The summed E-state index contributed by atoms with van der Waals surface area (Å²) in [7, 11) is 0. The first kappa shape index (κ1) is 11.7. The number of benzene rings is 1. The van der Waals surface area contributed by atoms with Gasteiger partial charge < -0.3 is 0 Å². The van der Waals surface area contributed by atoms with Crippen molar-refractivity contribution >= 4 is 17.8 Å². The molecule has 1 aromatic carbocycles. The van der Waals surface area contributed by atoms with Crippen LogP contribution in [0.1, 0.15) is 12.5 Å². The number of nitriles is 1. The second-order valence-electron chi connectivity index (χ2n) is 3.39. The second-order valence-corrected chi connectivity index (χ2v) is 3.70. The Morgan fingerprint density at radius 2 is 2.13 bits per heavy atom. The summed E-state index contributed by atoms with van der Waals surface area (Å²) < 4.78 is 0. The second kappa shape index (κ2) is 6.21. The number of halogens is 1. The summed E-state index contributed by atoms with van der Waals surface area (Å²) in [6.07, 6.45) is 1.72. The average Bonchev–Trinajstić information content (AvgIpc) is 2.31. The summed E-state index contributed by atoms with van der Waals surface area (Å²) in [5.74, 6) is 0.529. The average molecular weight is 221 g/mol. The molecule has 0 saturated heterocycles. The van der Waals surface area contributed by atoms with Gasteiger partial charge in [0.05, 0.1) is 6.07 Å². The maximum Gasteiger partial charge on any atom is 0.140 e. The van der Waals surface area contributed by atoms with Gasteiger partial charge in [0.25, 0.3) is 0 Å². The van der Waals surface area contributed by atoms with E-state index in [1.54, 1.807) is 6.21 Å². The van der Waals surface area contributed by atoms with Crippen molar-refractivity contribution in [2.75, 3.05) is 5.88 Å². The van der Waals surface area contributed by atoms with Crippen molar-refractivity contribution in [2.24, 2.45) is 10.9 Å². The minimum atomic E-state index is -0.359. The Labute approximate surface area is 95.2 Å². The van der Waals surface area contributed by atoms with E-state index in [0.717, 1.165) is 5.56 Å². The van der Waals surface area contributed by atoms with Crippen LogP contribution in [-0.2, 0) is 0 Å². The van der Waals surface area contributed by atoms with E-state index in [4.69, 9.17) is 16.9 Å². The Balaban J connectivity index is 2.68. The summed E-state index contributed by atoms with van der Waals surface area (Å²) >= 11 is 5.68. The van der Waals surface area contributed by atoms with Gasteiger partial charge in [-0.15, -0.1) is 11.6 Å². The zero-order valence-corrected chi connectivity index (χ0v) is 9.35. The molecule has 0 radical (unpaired) electrons. The van der Waals surface area contributed by atoms with Gasteiger partial charge in [0, 0.05) is 18.0 Å². The highest BCUT2D eigenvalue weighted by Crippen LogP contribution is 2.08. The molecule has 0 spiro atoms. The third-order valence-electron chi connectivity index (χ3n) is 2.10. The van der Waals surface area contributed by atoms with Crippen LogP contribution < -0.4 is 0 Å². The number of aliphatic imine (C=N–C) groups is 1. The van der Waals surface area contributed by atoms with E-state index in [1.165, 1.54) is 0 Å². The fraction of sp³-hybridized carbons (Fsp3) is 0.333. The van der Waals surface area contributed by atoms with Crippen LogP contribution in [0.4, 0.5) is 0 Å². The molecule has 2 atom stereocenters. The molecule has 1 unspecified atom stereocenters. The number of hydrogen-bond donors (Lipinski definition) is 0. The van der Waals surface area contributed by atoms with Gasteiger partial charge in [-0.05, 0) is 5.56 Å². The van der Waals surface area contributed by atoms with Crippen molar-refractivity contribution < 1.29 is 0 Å². The van der Waals surface area contributed by atoms with Crippen LogP contribution in [0.15, 0.2) is 35.3 Å². The first-order valence-electron chi connectivity index (χ1n) is 4.81. The molecule has 15 heavy (non-hydrogen) atoms. The Kier molecular flexibility index (Phi) is 4.86. The lowest BCUT2D eigenvalue weighted by molar-refractivity contribution is 0.590. The molecule has 78 valence electrons. The highest BCUT2D eigenvalue weighted by Gasteiger charge is 2.12. The number of alkyl halides is 1. The minimum absolute atomic E-state index is 0.0802. The largest absolute Gasteiger partial charge is 0.274 e. The van der Waals surface area contributed by atoms with Crippen LogP contribution in [0.2, 0.25) is 0 Å². The Bertz CT molecular complexity index is 354. The molecular formula is C12H13ClN2. The third kappa shape index (κ3) is 3.73. The molecule has 0 bridgehead atoms. The summed E-state index contributed by atoms with van der Waals surface area (Å²) in [5, 5.41) is 8.88. The van der Waals surface area contributed by atoms with E-state index < -0.39 is 0 Å². The zero-order chi connectivity index (χ0) is 11.1. The molecule has 0 amide bonds. The predicted molar refractivity (Wildman–Crippen MR) is 63.3 cm³/mol. The molecule has 0 aromatic heterocycles. The van der Waals surface area contributed by atoms with Gasteiger partial charge in [0.1, 0.15) is 6.04 Å². The quantitative estimate of drug-likeness (QED) is 0.568. The van der Waals surface area contributed by atoms with E-state index in [2.05, 4.69) is 11.1 Å². The smallest absolute Gasteiger partial charge is 0.140 e. The molecule has 2 nitrogen and oxygen atoms in total. The van der Waals surface area contributed by atoms with Gasteiger partial charge in [-0.3, -0.25) is 4.99 Å². The predicted octanol–water partition coefficient (Wildman–Crippen LogP) is 2.87. The summed E-state index contributed by atoms with van der Waals surface area (Å²) in [4.78, 5) is 4.21. The minimum Gasteiger partial charge on any atom is -0.274 e. The molecule has 0 saturated carbocycles. The van der Waals surface area contributed by atoms with Crippen LogP contribution in [0.25, 0.3) is 0 Å². The Morgan fingerprint density at radius 3 is 2.67 bits per heavy atom. The van der Waals surface area contributed by atoms with E-state index in [9.17, 15) is 0 Å². The van der Waals surface area contributed by atoms with Gasteiger partial charge in [-0.2, -0.15) is 5.26 Å². The van der Waals surface area contributed by atoms with Crippen LogP contribution in [0.3, 0.4) is 0 Å². The molecule has 0 fully saturated rings. The number of hydrogen-bond acceptors (Lipinski definition) is 2. The molecule has 3 heteroatoms. The molecule has 1 aromatic rings. The van der Waals surface area contributed by atoms with Crippen LogP contribution in [-0.4, -0.2) is 18.1 Å². The lowest BCUT2D eigenvalue weighted by Crippen LogP contribution is -2.15. The van der Waals surface area contributed by atoms with Crippen molar-refractivity contribution in [3.8, 4) is 6.07 Å². The lowest BCUT2D eigenvalue weighted by Gasteiger charge is -2.09. The van der Waals surface area contributed by atoms with Crippen LogP contribution in [0.5, 0.6) is 0 Å². The van der Waals surface area contributed by atoms with Gasteiger partial charge in [-0.1, -0.05) is 37.3 Å². The normalized spacial score (nSPS) is 14.7. The van der Waals surface area contributed by atoms with E-state index in [-0.39, 0.29) is 12.0 Å². The summed E-state index contributed by atoms with van der Waals surface area (Å²) in [5.41, 5.74) is 1.000. The fourth-order valence-corrected chi connectivity index (χ4v) is 1.27. The van der Waals surface area contributed by atoms with E-state index >= 15 is 0 Å². The maximum absolute atomic E-state index is 8.88. The van der Waals surface area contributed by atoms with Gasteiger partial charge >= 0.3 is 0 Å². The van der Waals surface area contributed by atoms with Gasteiger partial charge in [-0.25, -0.2) is 0 Å². The molecule has 0 N–H and O–H groups in total. The highest BCUT2D eigenvalue weighted by atomic mass is 35.5. The summed E-state index contributed by atoms with van der Waals surface area (Å²) in [6.45, 7) is 1.92. The molecular weight excluding hydrogens is 208 g/mol. The van der Waals surface area contributed by atoms with Gasteiger partial charge in [0.2, 0.25) is 0 Å². The van der Waals surface area contributed by atoms with Crippen molar-refractivity contribution in [3.63, 3.8) is 0 Å². The molecule has 0 heterocycles. The molecule has 0 aliphatic heterocycles. The van der Waals surface area contributed by atoms with Crippen molar-refractivity contribution in [3.05, 3.63) is 35.9 Å². The van der Waals surface area contributed by atoms with Crippen molar-refractivity contribution in [1.82, 2.24) is 0 Å². The number of nitrogens with zero attached hydrogens (tertiary/aromatic N) is 2. The topological polar surface area (TPSA) is 36.1 Å². The standard InChI is InChI=1S/C12H13ClN2/c1-10(7-13)12(8-14)15-9-11-5-3-2-4-6-11/h2-6,9-10,12H,7H2,1H3/t10-,12?/m0/s1. The first-order chi connectivity index (χ1) is 7.27. The molecule has 0 aliphatic rings. The number of rotatable bonds is 4. The monoisotopic (exact) mass is 220 g/mol. The van der Waals surface area contributed by atoms with Gasteiger partial charge in [0.15, 0.2) is 0 Å². The Hall–Kier alpha value is -1.33. The summed E-state index contributed by atoms with van der Waals surface area (Å²) in [6, 6.07) is 11.5. The fourth-order valence-electron chi connectivity index (χ4n) is 1.10. The van der Waals surface area contributed by atoms with Crippen LogP contribution in [0, 0.1) is 17.2 Å². The SMILES string of the molecule is C[C@@H](CCl)C(C#N)N=Cc1ccccc1. The van der Waals surface area contributed by atoms with Crippen molar-refractivity contribution in [1.29, 1.82) is 5.26 Å². The Morgan fingerprint density at radius 1 is 1.47 bits per heavy atom. The first-order valence-corrected chi connectivity index (χ1v) is 5.35. The molecule has 1 rings (SSSR count). The lowest BCUT2D eigenvalue weighted by atomic mass is 10.1. The van der Waals surface area contributed by atoms with E-state index in [0.29, 0.717) is 5.88 Å². The maximum atomic E-state index is 8.88.